The van der Waals surface area contributed by atoms with Gasteiger partial charge in [0.25, 0.3) is 0 Å². The van der Waals surface area contributed by atoms with Gasteiger partial charge in [0.05, 0.1) is 13.2 Å². The van der Waals surface area contributed by atoms with E-state index < -0.39 is 0 Å². The first kappa shape index (κ1) is 6.12. The van der Waals surface area contributed by atoms with Crippen LogP contribution in [0.25, 0.3) is 0 Å². The lowest BCUT2D eigenvalue weighted by Gasteiger charge is -1.93. The summed E-state index contributed by atoms with van der Waals surface area (Å²) in [4.78, 5) is 5.68. The molecule has 0 aliphatic carbocycles. The molecule has 6 nitrogen and oxygen atoms in total. The molecule has 1 aromatic rings. The van der Waals surface area contributed by atoms with Crippen LogP contribution in [0, 0.1) is 0 Å². The second-order valence-electron chi connectivity index (χ2n) is 1.40. The van der Waals surface area contributed by atoms with Gasteiger partial charge in [0.1, 0.15) is 0 Å². The SMILES string of the molecule is NOCCn1ncnn1. The van der Waals surface area contributed by atoms with Gasteiger partial charge >= 0.3 is 0 Å². The molecule has 0 spiro atoms. The van der Waals surface area contributed by atoms with Gasteiger partial charge in [-0.05, 0) is 5.21 Å². The van der Waals surface area contributed by atoms with Gasteiger partial charge in [-0.25, -0.2) is 5.90 Å². The fourth-order valence-corrected chi connectivity index (χ4v) is 0.425. The van der Waals surface area contributed by atoms with E-state index in [2.05, 4.69) is 20.2 Å². The van der Waals surface area contributed by atoms with Crippen molar-refractivity contribution < 1.29 is 4.84 Å². The Morgan fingerprint density at radius 1 is 1.67 bits per heavy atom. The van der Waals surface area contributed by atoms with Gasteiger partial charge in [-0.2, -0.15) is 4.80 Å². The largest absolute Gasteiger partial charge is 0.303 e. The Morgan fingerprint density at radius 2 is 2.56 bits per heavy atom. The topological polar surface area (TPSA) is 78.9 Å². The number of nitrogens with two attached hydrogens (primary N) is 1. The summed E-state index contributed by atoms with van der Waals surface area (Å²) in [7, 11) is 0. The standard InChI is InChI=1S/C3H7N5O/c4-9-2-1-8-6-3-5-7-8/h3H,1-2,4H2. The molecule has 0 aliphatic rings. The molecule has 0 unspecified atom stereocenters. The average molecular weight is 129 g/mol. The Bertz CT molecular complexity index is 149. The molecule has 6 heteroatoms. The zero-order valence-corrected chi connectivity index (χ0v) is 4.77. The summed E-state index contributed by atoms with van der Waals surface area (Å²) in [6, 6.07) is 0. The van der Waals surface area contributed by atoms with Crippen LogP contribution in [0.3, 0.4) is 0 Å². The first-order chi connectivity index (χ1) is 4.43. The minimum atomic E-state index is 0.399. The Kier molecular flexibility index (Phi) is 2.11. The van der Waals surface area contributed by atoms with Crippen LogP contribution in [-0.2, 0) is 11.4 Å². The van der Waals surface area contributed by atoms with E-state index in [1.54, 1.807) is 0 Å². The van der Waals surface area contributed by atoms with Gasteiger partial charge in [-0.15, -0.1) is 10.2 Å². The highest BCUT2D eigenvalue weighted by molar-refractivity contribution is 4.37. The molecule has 2 N–H and O–H groups in total. The first-order valence-electron chi connectivity index (χ1n) is 2.46. The summed E-state index contributed by atoms with van der Waals surface area (Å²) in [6.45, 7) is 0.937. The molecular formula is C3H7N5O. The molecule has 0 amide bonds. The Labute approximate surface area is 51.6 Å². The quantitative estimate of drug-likeness (QED) is 0.506. The van der Waals surface area contributed by atoms with Gasteiger partial charge < -0.3 is 4.84 Å². The van der Waals surface area contributed by atoms with Crippen LogP contribution in [0.15, 0.2) is 6.33 Å². The van der Waals surface area contributed by atoms with E-state index in [4.69, 9.17) is 5.90 Å². The third kappa shape index (κ3) is 1.74. The number of tetrazole rings is 1. The van der Waals surface area contributed by atoms with Crippen LogP contribution < -0.4 is 5.90 Å². The summed E-state index contributed by atoms with van der Waals surface area (Å²) >= 11 is 0. The number of nitrogens with zero attached hydrogens (tertiary/aromatic N) is 4. The number of rotatable bonds is 3. The summed E-state index contributed by atoms with van der Waals surface area (Å²) < 4.78 is 0. The Hall–Kier alpha value is -1.01. The van der Waals surface area contributed by atoms with Crippen molar-refractivity contribution in [2.75, 3.05) is 6.61 Å². The molecule has 0 radical (unpaired) electrons. The molecule has 0 bridgehead atoms. The van der Waals surface area contributed by atoms with Crippen LogP contribution in [0.2, 0.25) is 0 Å². The lowest BCUT2D eigenvalue weighted by molar-refractivity contribution is 0.123. The van der Waals surface area contributed by atoms with Gasteiger partial charge in [-0.1, -0.05) is 0 Å². The van der Waals surface area contributed by atoms with Crippen LogP contribution in [0.5, 0.6) is 0 Å². The first-order valence-corrected chi connectivity index (χ1v) is 2.46. The summed E-state index contributed by atoms with van der Waals surface area (Å²) in [6.07, 6.45) is 1.36. The van der Waals surface area contributed by atoms with Crippen molar-refractivity contribution in [3.8, 4) is 0 Å². The summed E-state index contributed by atoms with van der Waals surface area (Å²) in [5, 5.41) is 10.8. The van der Waals surface area contributed by atoms with Crippen molar-refractivity contribution >= 4 is 0 Å². The average Bonchev–Trinajstić information content (AvgIpc) is 2.34. The third-order valence-electron chi connectivity index (χ3n) is 0.801. The predicted molar refractivity (Wildman–Crippen MR) is 28.0 cm³/mol. The smallest absolute Gasteiger partial charge is 0.162 e. The highest BCUT2D eigenvalue weighted by Crippen LogP contribution is 1.72. The normalized spacial score (nSPS) is 9.89. The van der Waals surface area contributed by atoms with Crippen LogP contribution in [0.4, 0.5) is 0 Å². The zero-order chi connectivity index (χ0) is 6.53. The highest BCUT2D eigenvalue weighted by Gasteiger charge is 1.88. The number of aromatic nitrogens is 4. The molecule has 0 aromatic carbocycles. The molecule has 0 saturated carbocycles. The number of hydrogen-bond donors (Lipinski definition) is 1. The van der Waals surface area contributed by atoms with Gasteiger partial charge in [-0.3, -0.25) is 0 Å². The molecule has 0 atom stereocenters. The van der Waals surface area contributed by atoms with E-state index >= 15 is 0 Å². The minimum absolute atomic E-state index is 0.399. The predicted octanol–water partition coefficient (Wildman–Crippen LogP) is -1.44. The molecule has 9 heavy (non-hydrogen) atoms. The Morgan fingerprint density at radius 3 is 3.11 bits per heavy atom. The monoisotopic (exact) mass is 129 g/mol. The second-order valence-corrected chi connectivity index (χ2v) is 1.40. The zero-order valence-electron chi connectivity index (χ0n) is 4.77. The lowest BCUT2D eigenvalue weighted by atomic mass is 10.7. The maximum absolute atomic E-state index is 4.76. The summed E-state index contributed by atoms with van der Waals surface area (Å²) in [5.41, 5.74) is 0. The summed E-state index contributed by atoms with van der Waals surface area (Å²) in [5.74, 6) is 4.76. The van der Waals surface area contributed by atoms with E-state index in [0.29, 0.717) is 13.2 Å². The van der Waals surface area contributed by atoms with Crippen LogP contribution in [0.1, 0.15) is 0 Å². The molecule has 0 fully saturated rings. The molecule has 0 saturated heterocycles. The Balaban J connectivity index is 2.30. The van der Waals surface area contributed by atoms with E-state index in [-0.39, 0.29) is 0 Å². The molecule has 50 valence electrons. The molecular weight excluding hydrogens is 122 g/mol. The molecule has 1 heterocycles. The second kappa shape index (κ2) is 3.10. The van der Waals surface area contributed by atoms with Gasteiger partial charge in [0.15, 0.2) is 6.33 Å². The molecule has 0 aliphatic heterocycles. The van der Waals surface area contributed by atoms with E-state index in [9.17, 15) is 0 Å². The fourth-order valence-electron chi connectivity index (χ4n) is 0.425. The maximum atomic E-state index is 4.76. The van der Waals surface area contributed by atoms with Crippen molar-refractivity contribution in [2.45, 2.75) is 6.54 Å². The van der Waals surface area contributed by atoms with E-state index in [0.717, 1.165) is 0 Å². The van der Waals surface area contributed by atoms with Gasteiger partial charge in [0.2, 0.25) is 0 Å². The maximum Gasteiger partial charge on any atom is 0.162 e. The minimum Gasteiger partial charge on any atom is -0.303 e. The van der Waals surface area contributed by atoms with Crippen molar-refractivity contribution in [1.29, 1.82) is 0 Å². The van der Waals surface area contributed by atoms with E-state index in [1.165, 1.54) is 11.1 Å². The van der Waals surface area contributed by atoms with Crippen LogP contribution >= 0.6 is 0 Å². The van der Waals surface area contributed by atoms with Crippen molar-refractivity contribution in [2.24, 2.45) is 5.90 Å². The van der Waals surface area contributed by atoms with Crippen molar-refractivity contribution in [3.05, 3.63) is 6.33 Å². The molecule has 1 rings (SSSR count). The highest BCUT2D eigenvalue weighted by atomic mass is 16.6. The lowest BCUT2D eigenvalue weighted by Crippen LogP contribution is -2.11. The molecule has 1 aromatic heterocycles. The van der Waals surface area contributed by atoms with Crippen molar-refractivity contribution in [3.63, 3.8) is 0 Å². The van der Waals surface area contributed by atoms with Crippen LogP contribution in [-0.4, -0.2) is 26.8 Å². The third-order valence-corrected chi connectivity index (χ3v) is 0.801. The number of hydrogen-bond acceptors (Lipinski definition) is 5. The van der Waals surface area contributed by atoms with Crippen molar-refractivity contribution in [1.82, 2.24) is 20.2 Å². The van der Waals surface area contributed by atoms with Gasteiger partial charge in [0, 0.05) is 0 Å². The van der Waals surface area contributed by atoms with E-state index in [1.807, 2.05) is 0 Å². The fraction of sp³-hybridized carbons (Fsp3) is 0.667.